The number of nitrogens with zero attached hydrogens (tertiary/aromatic N) is 2. The van der Waals surface area contributed by atoms with E-state index in [0.29, 0.717) is 24.3 Å². The van der Waals surface area contributed by atoms with Crippen LogP contribution >= 0.6 is 0 Å². The lowest BCUT2D eigenvalue weighted by Gasteiger charge is -2.24. The molecule has 0 fully saturated rings. The van der Waals surface area contributed by atoms with E-state index in [2.05, 4.69) is 4.98 Å². The van der Waals surface area contributed by atoms with Gasteiger partial charge in [0.1, 0.15) is 11.6 Å². The van der Waals surface area contributed by atoms with Gasteiger partial charge in [0.25, 0.3) is 11.5 Å². The number of anilines is 2. The van der Waals surface area contributed by atoms with Crippen molar-refractivity contribution in [2.75, 3.05) is 10.6 Å². The molecule has 158 valence electrons. The Balaban J connectivity index is 2.11. The minimum absolute atomic E-state index is 0.000619. The number of aromatic nitrogens is 2. The molecule has 0 aliphatic carbocycles. The number of carbonyl (C=O) groups excluding carboxylic acids is 1. The third kappa shape index (κ3) is 4.37. The molecule has 2 aromatic heterocycles. The highest BCUT2D eigenvalue weighted by Crippen LogP contribution is 2.23. The molecule has 2 heterocycles. The smallest absolute Gasteiger partial charge is 0.330 e. The summed E-state index contributed by atoms with van der Waals surface area (Å²) in [4.78, 5) is 41.9. The first-order valence-corrected chi connectivity index (χ1v) is 10.0. The topological polar surface area (TPSA) is 114 Å². The number of unbranched alkanes of at least 4 members (excludes halogenated alkanes) is 1. The minimum atomic E-state index is -0.713. The third-order valence-corrected chi connectivity index (χ3v) is 4.97. The molecule has 1 aromatic carbocycles. The minimum Gasteiger partial charge on any atom is -0.467 e. The maximum absolute atomic E-state index is 13.4. The van der Waals surface area contributed by atoms with E-state index in [-0.39, 0.29) is 18.1 Å². The van der Waals surface area contributed by atoms with Crippen LogP contribution in [0.1, 0.15) is 48.4 Å². The van der Waals surface area contributed by atoms with Crippen LogP contribution in [0.5, 0.6) is 0 Å². The van der Waals surface area contributed by atoms with Crippen molar-refractivity contribution in [1.82, 2.24) is 9.55 Å². The molecule has 3 rings (SSSR count). The van der Waals surface area contributed by atoms with Gasteiger partial charge in [-0.3, -0.25) is 24.0 Å². The molecule has 3 N–H and O–H groups in total. The molecule has 1 amide bonds. The zero-order chi connectivity index (χ0) is 21.7. The maximum atomic E-state index is 13.4. The standard InChI is InChI=1S/C22H26N4O4/c1-3-5-12-25-19(23)18(20(27)24-22(25)29)26(14-17-7-6-13-30-17)21(28)16-10-8-15(4-2)9-11-16/h6-11,13H,3-5,12,14,23H2,1-2H3,(H,24,27,29). The number of nitrogens with two attached hydrogens (primary N) is 1. The highest BCUT2D eigenvalue weighted by molar-refractivity contribution is 6.07. The van der Waals surface area contributed by atoms with Crippen molar-refractivity contribution in [2.45, 2.75) is 46.2 Å². The zero-order valence-corrected chi connectivity index (χ0v) is 17.2. The van der Waals surface area contributed by atoms with Crippen LogP contribution in [0, 0.1) is 0 Å². The van der Waals surface area contributed by atoms with Crippen LogP contribution in [-0.4, -0.2) is 15.5 Å². The van der Waals surface area contributed by atoms with Crippen LogP contribution in [0.4, 0.5) is 11.5 Å². The summed E-state index contributed by atoms with van der Waals surface area (Å²) in [7, 11) is 0. The van der Waals surface area contributed by atoms with Gasteiger partial charge in [-0.15, -0.1) is 0 Å². The van der Waals surface area contributed by atoms with Crippen LogP contribution in [0.25, 0.3) is 0 Å². The SMILES string of the molecule is CCCCn1c(N)c(N(Cc2ccco2)C(=O)c2ccc(CC)cc2)c(=O)[nH]c1=O. The number of nitrogens with one attached hydrogen (secondary N) is 1. The van der Waals surface area contributed by atoms with Gasteiger partial charge >= 0.3 is 5.69 Å². The largest absolute Gasteiger partial charge is 0.467 e. The van der Waals surface area contributed by atoms with E-state index in [1.807, 2.05) is 26.0 Å². The van der Waals surface area contributed by atoms with Crippen molar-refractivity contribution in [2.24, 2.45) is 0 Å². The quantitative estimate of drug-likeness (QED) is 0.593. The Morgan fingerprint density at radius 2 is 1.90 bits per heavy atom. The van der Waals surface area contributed by atoms with E-state index >= 15 is 0 Å². The highest BCUT2D eigenvalue weighted by atomic mass is 16.3. The van der Waals surface area contributed by atoms with Crippen LogP contribution in [-0.2, 0) is 19.5 Å². The van der Waals surface area contributed by atoms with Crippen LogP contribution < -0.4 is 21.9 Å². The lowest BCUT2D eigenvalue weighted by atomic mass is 10.1. The van der Waals surface area contributed by atoms with Gasteiger partial charge in [-0.25, -0.2) is 4.79 Å². The Hall–Kier alpha value is -3.55. The normalized spacial score (nSPS) is 10.9. The molecular formula is C22H26N4O4. The first-order valence-electron chi connectivity index (χ1n) is 10.0. The second kappa shape index (κ2) is 9.30. The zero-order valence-electron chi connectivity index (χ0n) is 17.2. The van der Waals surface area contributed by atoms with Crippen molar-refractivity contribution in [3.05, 3.63) is 80.4 Å². The number of hydrogen-bond acceptors (Lipinski definition) is 5. The van der Waals surface area contributed by atoms with Gasteiger partial charge < -0.3 is 10.2 Å². The average molecular weight is 410 g/mol. The molecule has 0 saturated carbocycles. The Kier molecular flexibility index (Phi) is 6.56. The molecule has 0 bridgehead atoms. The highest BCUT2D eigenvalue weighted by Gasteiger charge is 2.26. The number of H-pyrrole nitrogens is 1. The summed E-state index contributed by atoms with van der Waals surface area (Å²) in [5, 5.41) is 0. The molecule has 0 unspecified atom stereocenters. The summed E-state index contributed by atoms with van der Waals surface area (Å²) in [5.74, 6) is 0.0351. The van der Waals surface area contributed by atoms with Crippen molar-refractivity contribution >= 4 is 17.4 Å². The van der Waals surface area contributed by atoms with Crippen molar-refractivity contribution < 1.29 is 9.21 Å². The summed E-state index contributed by atoms with van der Waals surface area (Å²) in [6.45, 7) is 4.36. The number of rotatable bonds is 8. The van der Waals surface area contributed by atoms with E-state index < -0.39 is 17.2 Å². The molecule has 0 atom stereocenters. The van der Waals surface area contributed by atoms with Crippen LogP contribution in [0.3, 0.4) is 0 Å². The molecule has 0 saturated heterocycles. The van der Waals surface area contributed by atoms with Gasteiger partial charge in [0.2, 0.25) is 0 Å². The fraction of sp³-hybridized carbons (Fsp3) is 0.318. The molecular weight excluding hydrogens is 384 g/mol. The first-order chi connectivity index (χ1) is 14.5. The predicted molar refractivity (Wildman–Crippen MR) is 116 cm³/mol. The molecule has 8 nitrogen and oxygen atoms in total. The summed E-state index contributed by atoms with van der Waals surface area (Å²) in [5.41, 5.74) is 6.37. The van der Waals surface area contributed by atoms with Gasteiger partial charge in [-0.1, -0.05) is 32.4 Å². The Bertz CT molecular complexity index is 1110. The van der Waals surface area contributed by atoms with E-state index in [4.69, 9.17) is 10.2 Å². The molecule has 3 aromatic rings. The van der Waals surface area contributed by atoms with E-state index in [1.165, 1.54) is 15.7 Å². The van der Waals surface area contributed by atoms with Gasteiger partial charge in [0.15, 0.2) is 5.69 Å². The van der Waals surface area contributed by atoms with Crippen LogP contribution in [0.15, 0.2) is 56.7 Å². The predicted octanol–water partition coefficient (Wildman–Crippen LogP) is 2.92. The van der Waals surface area contributed by atoms with Crippen molar-refractivity contribution in [1.29, 1.82) is 0 Å². The summed E-state index contributed by atoms with van der Waals surface area (Å²) >= 11 is 0. The second-order valence-corrected chi connectivity index (χ2v) is 7.02. The lowest BCUT2D eigenvalue weighted by molar-refractivity contribution is 0.0983. The van der Waals surface area contributed by atoms with Gasteiger partial charge in [-0.05, 0) is 42.7 Å². The fourth-order valence-electron chi connectivity index (χ4n) is 3.23. The van der Waals surface area contributed by atoms with E-state index in [0.717, 1.165) is 18.4 Å². The van der Waals surface area contributed by atoms with Gasteiger partial charge in [-0.2, -0.15) is 0 Å². The number of furan rings is 1. The average Bonchev–Trinajstić information content (AvgIpc) is 3.25. The first kappa shape index (κ1) is 21.2. The van der Waals surface area contributed by atoms with Crippen molar-refractivity contribution in [3.63, 3.8) is 0 Å². The molecule has 0 spiro atoms. The molecule has 0 aliphatic heterocycles. The number of aryl methyl sites for hydroxylation is 1. The molecule has 8 heteroatoms. The molecule has 0 radical (unpaired) electrons. The maximum Gasteiger partial charge on any atom is 0.330 e. The summed E-state index contributed by atoms with van der Waals surface area (Å²) in [6, 6.07) is 10.6. The number of benzene rings is 1. The van der Waals surface area contributed by atoms with Crippen molar-refractivity contribution in [3.8, 4) is 0 Å². The van der Waals surface area contributed by atoms with E-state index in [1.54, 1.807) is 24.3 Å². The Morgan fingerprint density at radius 3 is 2.50 bits per heavy atom. The number of aromatic amines is 1. The summed E-state index contributed by atoms with van der Waals surface area (Å²) < 4.78 is 6.69. The molecule has 30 heavy (non-hydrogen) atoms. The fourth-order valence-corrected chi connectivity index (χ4v) is 3.23. The third-order valence-electron chi connectivity index (χ3n) is 4.97. The number of amides is 1. The lowest BCUT2D eigenvalue weighted by Crippen LogP contribution is -2.41. The number of hydrogen-bond donors (Lipinski definition) is 2. The van der Waals surface area contributed by atoms with Gasteiger partial charge in [0, 0.05) is 12.1 Å². The second-order valence-electron chi connectivity index (χ2n) is 7.02. The number of carbonyl (C=O) groups is 1. The Morgan fingerprint density at radius 1 is 1.17 bits per heavy atom. The molecule has 0 aliphatic rings. The summed E-state index contributed by atoms with van der Waals surface area (Å²) in [6.07, 6.45) is 3.89. The van der Waals surface area contributed by atoms with Crippen LogP contribution in [0.2, 0.25) is 0 Å². The monoisotopic (exact) mass is 410 g/mol. The van der Waals surface area contributed by atoms with Gasteiger partial charge in [0.05, 0.1) is 12.8 Å². The Labute approximate surface area is 173 Å². The van der Waals surface area contributed by atoms with E-state index in [9.17, 15) is 14.4 Å². The number of nitrogen functional groups attached to an aromatic ring is 1.